The van der Waals surface area contributed by atoms with Crippen molar-refractivity contribution in [2.45, 2.75) is 24.9 Å². The Balaban J connectivity index is 2.09. The topological polar surface area (TPSA) is 84.9 Å². The molecule has 7 nitrogen and oxygen atoms in total. The van der Waals surface area contributed by atoms with Crippen molar-refractivity contribution in [3.8, 4) is 5.75 Å². The van der Waals surface area contributed by atoms with E-state index in [1.165, 1.54) is 14.2 Å². The van der Waals surface area contributed by atoms with Gasteiger partial charge in [0.05, 0.1) is 26.1 Å². The zero-order valence-electron chi connectivity index (χ0n) is 14.7. The maximum Gasteiger partial charge on any atom is 0.326 e. The maximum absolute atomic E-state index is 12.7. The number of rotatable bonds is 4. The molecule has 2 heterocycles. The molecule has 7 heteroatoms. The van der Waals surface area contributed by atoms with Crippen molar-refractivity contribution < 1.29 is 23.9 Å². The Kier molecular flexibility index (Phi) is 4.28. The Labute approximate surface area is 146 Å². The molecule has 0 spiro atoms. The van der Waals surface area contributed by atoms with Crippen molar-refractivity contribution in [2.24, 2.45) is 11.8 Å². The number of esters is 1. The lowest BCUT2D eigenvalue weighted by molar-refractivity contribution is -0.154. The van der Waals surface area contributed by atoms with Crippen LogP contribution in [-0.2, 0) is 19.1 Å². The average molecular weight is 346 g/mol. The van der Waals surface area contributed by atoms with Gasteiger partial charge in [-0.05, 0) is 24.1 Å². The van der Waals surface area contributed by atoms with Gasteiger partial charge in [0.25, 0.3) is 0 Å². The molecule has 0 saturated carbocycles. The lowest BCUT2D eigenvalue weighted by atomic mass is 9.78. The summed E-state index contributed by atoms with van der Waals surface area (Å²) in [5.74, 6) is -1.84. The van der Waals surface area contributed by atoms with E-state index in [9.17, 15) is 14.4 Å². The first-order valence-corrected chi connectivity index (χ1v) is 8.22. The van der Waals surface area contributed by atoms with Gasteiger partial charge in [-0.1, -0.05) is 19.1 Å². The molecule has 1 N–H and O–H groups in total. The number of imide groups is 1. The lowest BCUT2D eigenvalue weighted by Gasteiger charge is -2.30. The second-order valence-corrected chi connectivity index (χ2v) is 6.45. The summed E-state index contributed by atoms with van der Waals surface area (Å²) < 4.78 is 10.1. The van der Waals surface area contributed by atoms with Gasteiger partial charge >= 0.3 is 5.97 Å². The second-order valence-electron chi connectivity index (χ2n) is 6.45. The second kappa shape index (κ2) is 6.15. The van der Waals surface area contributed by atoms with Crippen LogP contribution >= 0.6 is 0 Å². The molecule has 2 fully saturated rings. The van der Waals surface area contributed by atoms with Crippen molar-refractivity contribution in [3.05, 3.63) is 29.8 Å². The molecule has 2 aliphatic rings. The van der Waals surface area contributed by atoms with E-state index in [1.54, 1.807) is 19.2 Å². The zero-order chi connectivity index (χ0) is 18.4. The molecule has 134 valence electrons. The van der Waals surface area contributed by atoms with Crippen molar-refractivity contribution in [1.29, 1.82) is 0 Å². The molecule has 2 saturated heterocycles. The van der Waals surface area contributed by atoms with Gasteiger partial charge in [0.2, 0.25) is 11.8 Å². The normalized spacial score (nSPS) is 31.2. The van der Waals surface area contributed by atoms with Crippen LogP contribution in [0.3, 0.4) is 0 Å². The highest BCUT2D eigenvalue weighted by Crippen LogP contribution is 2.50. The third-order valence-electron chi connectivity index (χ3n) is 5.46. The predicted molar refractivity (Wildman–Crippen MR) is 88.7 cm³/mol. The fraction of sp³-hybridized carbons (Fsp3) is 0.500. The molecule has 2 aliphatic heterocycles. The van der Waals surface area contributed by atoms with Crippen molar-refractivity contribution in [1.82, 2.24) is 10.2 Å². The number of fused-ring (bicyclic) bond motifs is 1. The summed E-state index contributed by atoms with van der Waals surface area (Å²) in [6, 6.07) is 6.82. The average Bonchev–Trinajstić information content (AvgIpc) is 3.11. The molecule has 2 amide bonds. The summed E-state index contributed by atoms with van der Waals surface area (Å²) in [7, 11) is 4.33. The van der Waals surface area contributed by atoms with E-state index >= 15 is 0 Å². The highest BCUT2D eigenvalue weighted by molar-refractivity contribution is 6.09. The van der Waals surface area contributed by atoms with Crippen LogP contribution in [0.15, 0.2) is 24.3 Å². The third-order valence-corrected chi connectivity index (χ3v) is 5.46. The van der Waals surface area contributed by atoms with E-state index in [4.69, 9.17) is 9.47 Å². The summed E-state index contributed by atoms with van der Waals surface area (Å²) in [5.41, 5.74) is -0.381. The number of carbonyl (C=O) groups is 3. The Hall–Kier alpha value is -2.41. The van der Waals surface area contributed by atoms with Crippen LogP contribution in [-0.4, -0.2) is 49.5 Å². The Morgan fingerprint density at radius 2 is 1.84 bits per heavy atom. The van der Waals surface area contributed by atoms with Gasteiger partial charge in [-0.25, -0.2) is 0 Å². The van der Waals surface area contributed by atoms with Crippen LogP contribution in [0.25, 0.3) is 0 Å². The molecular formula is C18H22N2O5. The van der Waals surface area contributed by atoms with E-state index in [1.807, 2.05) is 19.1 Å². The first-order valence-electron chi connectivity index (χ1n) is 8.22. The number of nitrogens with one attached hydrogen (secondary N) is 1. The first kappa shape index (κ1) is 17.4. The highest BCUT2D eigenvalue weighted by atomic mass is 16.5. The van der Waals surface area contributed by atoms with Crippen LogP contribution in [0.2, 0.25) is 0 Å². The van der Waals surface area contributed by atoms with Crippen molar-refractivity contribution >= 4 is 17.8 Å². The van der Waals surface area contributed by atoms with Crippen LogP contribution in [0.4, 0.5) is 0 Å². The Bertz CT molecular complexity index is 717. The van der Waals surface area contributed by atoms with E-state index < -0.39 is 29.4 Å². The fourth-order valence-corrected chi connectivity index (χ4v) is 4.08. The van der Waals surface area contributed by atoms with Crippen molar-refractivity contribution in [2.75, 3.05) is 21.3 Å². The third kappa shape index (κ3) is 2.33. The number of methoxy groups -OCH3 is 2. The molecule has 3 rings (SSSR count). The van der Waals surface area contributed by atoms with Gasteiger partial charge in [0, 0.05) is 13.1 Å². The fourth-order valence-electron chi connectivity index (χ4n) is 4.08. The van der Waals surface area contributed by atoms with Gasteiger partial charge in [0.15, 0.2) is 0 Å². The van der Waals surface area contributed by atoms with E-state index in [0.29, 0.717) is 12.2 Å². The number of carbonyl (C=O) groups excluding carboxylic acids is 3. The van der Waals surface area contributed by atoms with Crippen LogP contribution in [0.1, 0.15) is 24.9 Å². The smallest absolute Gasteiger partial charge is 0.326 e. The molecule has 0 aromatic heterocycles. The molecule has 0 aliphatic carbocycles. The largest absolute Gasteiger partial charge is 0.497 e. The van der Waals surface area contributed by atoms with Gasteiger partial charge in [-0.15, -0.1) is 0 Å². The molecular weight excluding hydrogens is 324 g/mol. The Morgan fingerprint density at radius 3 is 2.36 bits per heavy atom. The monoisotopic (exact) mass is 346 g/mol. The first-order chi connectivity index (χ1) is 11.9. The molecule has 4 atom stereocenters. The SMILES string of the molecule is CC[C@]1(C(=O)OC)N[C@H](c2ccc(OC)cc2)[C@@H]2C(=O)N(C)C(=O)[C@H]21. The summed E-state index contributed by atoms with van der Waals surface area (Å²) in [5, 5.41) is 3.26. The van der Waals surface area contributed by atoms with Crippen LogP contribution < -0.4 is 10.1 Å². The minimum absolute atomic E-state index is 0.275. The molecule has 25 heavy (non-hydrogen) atoms. The van der Waals surface area contributed by atoms with Crippen LogP contribution in [0.5, 0.6) is 5.75 Å². The quantitative estimate of drug-likeness (QED) is 0.644. The highest BCUT2D eigenvalue weighted by Gasteiger charge is 2.67. The summed E-state index contributed by atoms with van der Waals surface area (Å²) in [4.78, 5) is 39.1. The number of ether oxygens (including phenoxy) is 2. The molecule has 0 unspecified atom stereocenters. The van der Waals surface area contributed by atoms with Gasteiger partial charge in [-0.2, -0.15) is 0 Å². The van der Waals surface area contributed by atoms with E-state index in [0.717, 1.165) is 10.5 Å². The summed E-state index contributed by atoms with van der Waals surface area (Å²) in [6.07, 6.45) is 0.348. The standard InChI is InChI=1S/C18H22N2O5/c1-5-18(17(23)25-4)13-12(15(21)20(2)16(13)22)14(19-18)10-6-8-11(24-3)9-7-10/h6-9,12-14,19H,5H2,1-4H3/t12-,13+,14-,18+/m1/s1. The number of likely N-dealkylation sites (tertiary alicyclic amines) is 1. The number of nitrogens with zero attached hydrogens (tertiary/aromatic N) is 1. The molecule has 0 bridgehead atoms. The van der Waals surface area contributed by atoms with Crippen LogP contribution in [0, 0.1) is 11.8 Å². The van der Waals surface area contributed by atoms with E-state index in [-0.39, 0.29) is 11.8 Å². The molecule has 0 radical (unpaired) electrons. The molecule has 1 aromatic rings. The van der Waals surface area contributed by atoms with E-state index in [2.05, 4.69) is 5.32 Å². The van der Waals surface area contributed by atoms with Gasteiger partial charge in [-0.3, -0.25) is 24.6 Å². The number of benzene rings is 1. The summed E-state index contributed by atoms with van der Waals surface area (Å²) in [6.45, 7) is 1.81. The Morgan fingerprint density at radius 1 is 1.20 bits per heavy atom. The minimum atomic E-state index is -1.21. The zero-order valence-corrected chi connectivity index (χ0v) is 14.7. The summed E-state index contributed by atoms with van der Waals surface area (Å²) >= 11 is 0. The predicted octanol–water partition coefficient (Wildman–Crippen LogP) is 0.892. The van der Waals surface area contributed by atoms with Crippen molar-refractivity contribution in [3.63, 3.8) is 0 Å². The minimum Gasteiger partial charge on any atom is -0.497 e. The lowest BCUT2D eigenvalue weighted by Crippen LogP contribution is -2.55. The van der Waals surface area contributed by atoms with Gasteiger partial charge < -0.3 is 9.47 Å². The van der Waals surface area contributed by atoms with Gasteiger partial charge in [0.1, 0.15) is 11.3 Å². The number of hydrogen-bond acceptors (Lipinski definition) is 6. The maximum atomic E-state index is 12.7. The number of amides is 2. The number of hydrogen-bond donors (Lipinski definition) is 1. The molecule has 1 aromatic carbocycles.